The maximum atomic E-state index is 6.16. The molecule has 2 nitrogen and oxygen atoms in total. The summed E-state index contributed by atoms with van der Waals surface area (Å²) in [5, 5.41) is 3.81. The predicted molar refractivity (Wildman–Crippen MR) is 86.0 cm³/mol. The summed E-state index contributed by atoms with van der Waals surface area (Å²) >= 11 is 0. The molecule has 1 aromatic rings. The van der Waals surface area contributed by atoms with Crippen LogP contribution in [0.3, 0.4) is 0 Å². The van der Waals surface area contributed by atoms with Gasteiger partial charge < -0.3 is 9.74 Å². The van der Waals surface area contributed by atoms with Gasteiger partial charge in [0, 0.05) is 19.2 Å². The maximum absolute atomic E-state index is 6.16. The van der Waals surface area contributed by atoms with Gasteiger partial charge >= 0.3 is 0 Å². The molecule has 0 spiro atoms. The largest absolute Gasteiger partial charge is 0.416 e. The van der Waals surface area contributed by atoms with Crippen molar-refractivity contribution in [2.24, 2.45) is 0 Å². The Kier molecular flexibility index (Phi) is 5.77. The topological polar surface area (TPSA) is 21.3 Å². The normalized spacial score (nSPS) is 14.4. The quantitative estimate of drug-likeness (QED) is 0.617. The Bertz CT molecular complexity index is 370. The number of nitrogens with one attached hydrogen (secondary N) is 1. The molecule has 1 aromatic carbocycles. The molecule has 0 aliphatic rings. The van der Waals surface area contributed by atoms with E-state index >= 15 is 0 Å². The lowest BCUT2D eigenvalue weighted by atomic mass is 10.1. The van der Waals surface area contributed by atoms with Crippen LogP contribution in [0, 0.1) is 0 Å². The summed E-state index contributed by atoms with van der Waals surface area (Å²) in [6.07, 6.45) is 0. The molecule has 19 heavy (non-hydrogen) atoms. The molecule has 1 atom stereocenters. The Labute approximate surface area is 119 Å². The van der Waals surface area contributed by atoms with Gasteiger partial charge in [-0.25, -0.2) is 0 Å². The molecule has 0 aliphatic carbocycles. The highest BCUT2D eigenvalue weighted by atomic mass is 28.4. The zero-order valence-electron chi connectivity index (χ0n) is 13.3. The minimum atomic E-state index is -1.60. The molecule has 0 saturated carbocycles. The van der Waals surface area contributed by atoms with E-state index < -0.39 is 8.32 Å². The molecule has 0 aromatic heterocycles. The molecule has 1 rings (SSSR count). The van der Waals surface area contributed by atoms with Crippen molar-refractivity contribution in [3.8, 4) is 0 Å². The van der Waals surface area contributed by atoms with Crippen LogP contribution in [0.4, 0.5) is 0 Å². The fourth-order valence-electron chi connectivity index (χ4n) is 1.66. The second-order valence-corrected chi connectivity index (χ2v) is 11.5. The molecule has 0 heterocycles. The van der Waals surface area contributed by atoms with Gasteiger partial charge in [-0.05, 0) is 30.6 Å². The summed E-state index contributed by atoms with van der Waals surface area (Å²) < 4.78 is 6.16. The third-order valence-corrected chi connectivity index (χ3v) is 8.66. The highest BCUT2D eigenvalue weighted by Gasteiger charge is 2.36. The van der Waals surface area contributed by atoms with Crippen molar-refractivity contribution in [2.45, 2.75) is 51.9 Å². The lowest BCUT2D eigenvalue weighted by Crippen LogP contribution is -2.42. The zero-order valence-corrected chi connectivity index (χ0v) is 14.3. The predicted octanol–water partition coefficient (Wildman–Crippen LogP) is 4.36. The number of hydrogen-bond donors (Lipinski definition) is 1. The van der Waals surface area contributed by atoms with Crippen molar-refractivity contribution in [3.05, 3.63) is 35.9 Å². The Morgan fingerprint density at radius 1 is 1.16 bits per heavy atom. The van der Waals surface area contributed by atoms with E-state index in [1.807, 2.05) is 0 Å². The van der Waals surface area contributed by atoms with Crippen molar-refractivity contribution in [1.82, 2.24) is 5.32 Å². The van der Waals surface area contributed by atoms with Crippen molar-refractivity contribution >= 4 is 8.32 Å². The van der Waals surface area contributed by atoms with Crippen LogP contribution >= 0.6 is 0 Å². The maximum Gasteiger partial charge on any atom is 0.192 e. The second-order valence-electron chi connectivity index (χ2n) is 6.70. The van der Waals surface area contributed by atoms with Crippen LogP contribution in [0.5, 0.6) is 0 Å². The van der Waals surface area contributed by atoms with E-state index in [-0.39, 0.29) is 5.04 Å². The second kappa shape index (κ2) is 6.68. The summed E-state index contributed by atoms with van der Waals surface area (Å²) in [5.41, 5.74) is 1.33. The fraction of sp³-hybridized carbons (Fsp3) is 0.625. The molecule has 0 radical (unpaired) electrons. The molecule has 0 saturated heterocycles. The van der Waals surface area contributed by atoms with Gasteiger partial charge in [-0.15, -0.1) is 0 Å². The highest BCUT2D eigenvalue weighted by molar-refractivity contribution is 6.74. The Morgan fingerprint density at radius 2 is 1.74 bits per heavy atom. The number of rotatable bonds is 6. The van der Waals surface area contributed by atoms with Crippen molar-refractivity contribution in [3.63, 3.8) is 0 Å². The SMILES string of the molecule is CC(NCCO[Si](C)(C)C(C)(C)C)c1ccccc1. The van der Waals surface area contributed by atoms with Crippen LogP contribution in [-0.2, 0) is 4.43 Å². The number of benzene rings is 1. The summed E-state index contributed by atoms with van der Waals surface area (Å²) in [7, 11) is -1.60. The first kappa shape index (κ1) is 16.4. The number of hydrogen-bond acceptors (Lipinski definition) is 2. The van der Waals surface area contributed by atoms with Gasteiger partial charge in [-0.2, -0.15) is 0 Å². The van der Waals surface area contributed by atoms with Gasteiger partial charge in [-0.3, -0.25) is 0 Å². The van der Waals surface area contributed by atoms with E-state index in [1.54, 1.807) is 0 Å². The lowest BCUT2D eigenvalue weighted by Gasteiger charge is -2.36. The molecule has 3 heteroatoms. The lowest BCUT2D eigenvalue weighted by molar-refractivity contribution is 0.281. The summed E-state index contributed by atoms with van der Waals surface area (Å²) in [6.45, 7) is 15.3. The molecule has 1 N–H and O–H groups in total. The van der Waals surface area contributed by atoms with Crippen LogP contribution in [0.2, 0.25) is 18.1 Å². The van der Waals surface area contributed by atoms with E-state index in [0.717, 1.165) is 13.2 Å². The molecule has 108 valence electrons. The molecule has 0 fully saturated rings. The van der Waals surface area contributed by atoms with Crippen LogP contribution in [0.15, 0.2) is 30.3 Å². The standard InChI is InChI=1S/C16H29NOSi/c1-14(15-10-8-7-9-11-15)17-12-13-18-19(5,6)16(2,3)4/h7-11,14,17H,12-13H2,1-6H3. The summed E-state index contributed by atoms with van der Waals surface area (Å²) in [4.78, 5) is 0. The molecule has 0 amide bonds. The van der Waals surface area contributed by atoms with E-state index in [4.69, 9.17) is 4.43 Å². The first-order valence-corrected chi connectivity index (χ1v) is 10.1. The Hall–Kier alpha value is -0.643. The van der Waals surface area contributed by atoms with Crippen molar-refractivity contribution in [1.29, 1.82) is 0 Å². The minimum absolute atomic E-state index is 0.290. The van der Waals surface area contributed by atoms with Crippen LogP contribution in [0.25, 0.3) is 0 Å². The summed E-state index contributed by atoms with van der Waals surface area (Å²) in [6, 6.07) is 10.9. The molecule has 1 unspecified atom stereocenters. The third kappa shape index (κ3) is 5.09. The average molecular weight is 280 g/mol. The van der Waals surface area contributed by atoms with Crippen molar-refractivity contribution in [2.75, 3.05) is 13.2 Å². The summed E-state index contributed by atoms with van der Waals surface area (Å²) in [5.74, 6) is 0. The zero-order chi connectivity index (χ0) is 14.5. The first-order valence-electron chi connectivity index (χ1n) is 7.16. The van der Waals surface area contributed by atoms with E-state index in [1.165, 1.54) is 5.56 Å². The Balaban J connectivity index is 2.32. The van der Waals surface area contributed by atoms with E-state index in [0.29, 0.717) is 6.04 Å². The van der Waals surface area contributed by atoms with E-state index in [2.05, 4.69) is 76.4 Å². The van der Waals surface area contributed by atoms with Gasteiger partial charge in [0.1, 0.15) is 0 Å². The molecular formula is C16H29NOSi. The van der Waals surface area contributed by atoms with Gasteiger partial charge in [0.15, 0.2) is 8.32 Å². The van der Waals surface area contributed by atoms with Gasteiger partial charge in [0.25, 0.3) is 0 Å². The Morgan fingerprint density at radius 3 is 2.26 bits per heavy atom. The van der Waals surface area contributed by atoms with Gasteiger partial charge in [0.2, 0.25) is 0 Å². The monoisotopic (exact) mass is 279 g/mol. The fourth-order valence-corrected chi connectivity index (χ4v) is 2.70. The van der Waals surface area contributed by atoms with Gasteiger partial charge in [0.05, 0.1) is 0 Å². The van der Waals surface area contributed by atoms with Crippen LogP contribution in [0.1, 0.15) is 39.3 Å². The third-order valence-electron chi connectivity index (χ3n) is 4.12. The van der Waals surface area contributed by atoms with Crippen molar-refractivity contribution < 1.29 is 4.43 Å². The van der Waals surface area contributed by atoms with Crippen LogP contribution < -0.4 is 5.32 Å². The molecule has 0 bridgehead atoms. The van der Waals surface area contributed by atoms with Gasteiger partial charge in [-0.1, -0.05) is 51.1 Å². The average Bonchev–Trinajstić information content (AvgIpc) is 2.34. The first-order chi connectivity index (χ1) is 8.74. The molecule has 0 aliphatic heterocycles. The minimum Gasteiger partial charge on any atom is -0.416 e. The molecular weight excluding hydrogens is 250 g/mol. The van der Waals surface area contributed by atoms with Crippen LogP contribution in [-0.4, -0.2) is 21.5 Å². The smallest absolute Gasteiger partial charge is 0.192 e. The highest BCUT2D eigenvalue weighted by Crippen LogP contribution is 2.36. The van der Waals surface area contributed by atoms with E-state index in [9.17, 15) is 0 Å².